The first kappa shape index (κ1) is 26.9. The zero-order valence-corrected chi connectivity index (χ0v) is 24.7. The smallest absolute Gasteiger partial charge is 0.0654 e. The summed E-state index contributed by atoms with van der Waals surface area (Å²) in [7, 11) is 0. The number of unbranched alkanes of at least 4 members (excludes halogenated alkanes) is 6. The molecule has 0 heterocycles. The number of aryl methyl sites for hydroxylation is 2. The van der Waals surface area contributed by atoms with Gasteiger partial charge in [0, 0.05) is 4.47 Å². The van der Waals surface area contributed by atoms with Gasteiger partial charge >= 0.3 is 0 Å². The second-order valence-electron chi connectivity index (χ2n) is 11.0. The Bertz CT molecular complexity index is 1310. The van der Waals surface area contributed by atoms with Crippen LogP contribution >= 0.6 is 15.9 Å². The minimum atomic E-state index is -0.342. The number of benzene rings is 4. The summed E-state index contributed by atoms with van der Waals surface area (Å²) in [5.74, 6) is 0. The average molecular weight is 566 g/mol. The molecule has 1 aliphatic rings. The summed E-state index contributed by atoms with van der Waals surface area (Å²) in [4.78, 5) is 0. The Morgan fingerprint density at radius 3 is 1.71 bits per heavy atom. The van der Waals surface area contributed by atoms with Gasteiger partial charge in [0.25, 0.3) is 0 Å². The first-order chi connectivity index (χ1) is 18.7. The van der Waals surface area contributed by atoms with E-state index in [1.165, 1.54) is 100 Å². The van der Waals surface area contributed by atoms with Crippen molar-refractivity contribution in [2.24, 2.45) is 0 Å². The topological polar surface area (TPSA) is 0 Å². The van der Waals surface area contributed by atoms with Crippen molar-refractivity contribution in [1.29, 1.82) is 0 Å². The molecule has 4 aromatic rings. The fourth-order valence-corrected chi connectivity index (χ4v) is 7.17. The Kier molecular flexibility index (Phi) is 8.85. The molecule has 0 nitrogen and oxygen atoms in total. The molecule has 0 N–H and O–H groups in total. The van der Waals surface area contributed by atoms with E-state index in [0.717, 1.165) is 12.8 Å². The monoisotopic (exact) mass is 564 g/mol. The highest BCUT2D eigenvalue weighted by Gasteiger charge is 2.47. The SMILES string of the molecule is CCCCCCc1cccc(C2(c3cccc(CCCCCC)c3)c3ccccc3-c3cccc(Br)c32)c1. The van der Waals surface area contributed by atoms with E-state index in [9.17, 15) is 0 Å². The van der Waals surface area contributed by atoms with Gasteiger partial charge in [-0.15, -0.1) is 0 Å². The molecule has 38 heavy (non-hydrogen) atoms. The summed E-state index contributed by atoms with van der Waals surface area (Å²) >= 11 is 4.03. The molecule has 4 aromatic carbocycles. The van der Waals surface area contributed by atoms with Crippen molar-refractivity contribution in [2.45, 2.75) is 83.5 Å². The number of rotatable bonds is 12. The molecule has 1 aliphatic carbocycles. The highest BCUT2D eigenvalue weighted by Crippen LogP contribution is 2.58. The van der Waals surface area contributed by atoms with Crippen molar-refractivity contribution >= 4 is 15.9 Å². The molecule has 0 spiro atoms. The standard InChI is InChI=1S/C37H41Br/c1-3-5-7-9-16-28-18-13-20-30(26-28)37(31-21-14-19-29(27-31)17-10-8-6-4-2)34-24-12-11-22-32(34)33-23-15-25-35(38)36(33)37/h11-15,18-27H,3-10,16-17H2,1-2H3. The van der Waals surface area contributed by atoms with Crippen molar-refractivity contribution in [1.82, 2.24) is 0 Å². The first-order valence-electron chi connectivity index (χ1n) is 14.8. The van der Waals surface area contributed by atoms with Gasteiger partial charge in [-0.05, 0) is 76.3 Å². The summed E-state index contributed by atoms with van der Waals surface area (Å²) in [5.41, 5.74) is 10.8. The van der Waals surface area contributed by atoms with Gasteiger partial charge in [0.05, 0.1) is 5.41 Å². The van der Waals surface area contributed by atoms with E-state index < -0.39 is 0 Å². The van der Waals surface area contributed by atoms with Crippen LogP contribution in [0, 0.1) is 0 Å². The lowest BCUT2D eigenvalue weighted by Gasteiger charge is -2.35. The van der Waals surface area contributed by atoms with Crippen LogP contribution < -0.4 is 0 Å². The number of hydrogen-bond acceptors (Lipinski definition) is 0. The summed E-state index contributed by atoms with van der Waals surface area (Å²) in [6, 6.07) is 34.8. The number of hydrogen-bond donors (Lipinski definition) is 0. The third-order valence-corrected chi connectivity index (χ3v) is 9.03. The molecule has 0 aliphatic heterocycles. The Balaban J connectivity index is 1.69. The van der Waals surface area contributed by atoms with E-state index in [4.69, 9.17) is 0 Å². The molecule has 0 amide bonds. The molecule has 0 saturated heterocycles. The molecule has 1 heteroatoms. The Morgan fingerprint density at radius 1 is 0.553 bits per heavy atom. The molecular weight excluding hydrogens is 524 g/mol. The van der Waals surface area contributed by atoms with Crippen LogP contribution in [0.25, 0.3) is 11.1 Å². The average Bonchev–Trinajstić information content (AvgIpc) is 3.26. The van der Waals surface area contributed by atoms with Gasteiger partial charge in [-0.2, -0.15) is 0 Å². The van der Waals surface area contributed by atoms with E-state index in [1.807, 2.05) is 0 Å². The summed E-state index contributed by atoms with van der Waals surface area (Å²) in [6.45, 7) is 4.57. The van der Waals surface area contributed by atoms with Gasteiger partial charge in [0.1, 0.15) is 0 Å². The van der Waals surface area contributed by atoms with Crippen molar-refractivity contribution in [3.63, 3.8) is 0 Å². The molecule has 0 saturated carbocycles. The normalized spacial score (nSPS) is 13.3. The summed E-state index contributed by atoms with van der Waals surface area (Å²) < 4.78 is 1.19. The molecular formula is C37H41Br. The molecule has 5 rings (SSSR count). The van der Waals surface area contributed by atoms with E-state index in [1.54, 1.807) is 0 Å². The van der Waals surface area contributed by atoms with Gasteiger partial charge in [-0.25, -0.2) is 0 Å². The zero-order valence-electron chi connectivity index (χ0n) is 23.1. The van der Waals surface area contributed by atoms with E-state index in [-0.39, 0.29) is 5.41 Å². The fourth-order valence-electron chi connectivity index (χ4n) is 6.51. The molecule has 0 atom stereocenters. The molecule has 0 unspecified atom stereocenters. The van der Waals surface area contributed by atoms with Gasteiger partial charge in [0.2, 0.25) is 0 Å². The molecule has 0 bridgehead atoms. The second-order valence-corrected chi connectivity index (χ2v) is 11.8. The van der Waals surface area contributed by atoms with Gasteiger partial charge in [-0.3, -0.25) is 0 Å². The molecule has 0 fully saturated rings. The van der Waals surface area contributed by atoms with Crippen LogP contribution in [-0.2, 0) is 18.3 Å². The van der Waals surface area contributed by atoms with Crippen LogP contribution in [0.15, 0.2) is 95.5 Å². The predicted octanol–water partition coefficient (Wildman–Crippen LogP) is 11.1. The molecule has 0 radical (unpaired) electrons. The fraction of sp³-hybridized carbons (Fsp3) is 0.351. The third-order valence-electron chi connectivity index (χ3n) is 8.37. The van der Waals surface area contributed by atoms with Crippen LogP contribution in [0.5, 0.6) is 0 Å². The third kappa shape index (κ3) is 5.15. The van der Waals surface area contributed by atoms with Crippen molar-refractivity contribution < 1.29 is 0 Å². The lowest BCUT2D eigenvalue weighted by Crippen LogP contribution is -2.29. The van der Waals surface area contributed by atoms with Gasteiger partial charge in [0.15, 0.2) is 0 Å². The first-order valence-corrected chi connectivity index (χ1v) is 15.6. The van der Waals surface area contributed by atoms with Gasteiger partial charge in [-0.1, -0.05) is 153 Å². The minimum absolute atomic E-state index is 0.342. The number of halogens is 1. The Hall–Kier alpha value is -2.64. The van der Waals surface area contributed by atoms with E-state index in [0.29, 0.717) is 0 Å². The Morgan fingerprint density at radius 2 is 1.11 bits per heavy atom. The number of fused-ring (bicyclic) bond motifs is 3. The van der Waals surface area contributed by atoms with E-state index in [2.05, 4.69) is 121 Å². The summed E-state index contributed by atoms with van der Waals surface area (Å²) in [5, 5.41) is 0. The second kappa shape index (κ2) is 12.5. The summed E-state index contributed by atoms with van der Waals surface area (Å²) in [6.07, 6.45) is 12.6. The molecule has 0 aromatic heterocycles. The van der Waals surface area contributed by atoms with Crippen molar-refractivity contribution in [2.75, 3.05) is 0 Å². The van der Waals surface area contributed by atoms with Crippen LogP contribution in [0.4, 0.5) is 0 Å². The largest absolute Gasteiger partial charge is 0.0724 e. The lowest BCUT2D eigenvalue weighted by atomic mass is 9.67. The maximum atomic E-state index is 4.03. The predicted molar refractivity (Wildman–Crippen MR) is 167 cm³/mol. The highest BCUT2D eigenvalue weighted by atomic mass is 79.9. The van der Waals surface area contributed by atoms with Crippen LogP contribution in [0.1, 0.15) is 98.6 Å². The maximum absolute atomic E-state index is 4.03. The van der Waals surface area contributed by atoms with E-state index >= 15 is 0 Å². The van der Waals surface area contributed by atoms with Crippen LogP contribution in [0.2, 0.25) is 0 Å². The Labute approximate surface area is 238 Å². The minimum Gasteiger partial charge on any atom is -0.0654 e. The van der Waals surface area contributed by atoms with Crippen LogP contribution in [0.3, 0.4) is 0 Å². The van der Waals surface area contributed by atoms with Gasteiger partial charge < -0.3 is 0 Å². The maximum Gasteiger partial charge on any atom is 0.0724 e. The molecule has 196 valence electrons. The van der Waals surface area contributed by atoms with Crippen molar-refractivity contribution in [3.05, 3.63) is 129 Å². The van der Waals surface area contributed by atoms with Crippen LogP contribution in [-0.4, -0.2) is 0 Å². The quantitative estimate of drug-likeness (QED) is 0.132. The van der Waals surface area contributed by atoms with Crippen molar-refractivity contribution in [3.8, 4) is 11.1 Å². The lowest BCUT2D eigenvalue weighted by molar-refractivity contribution is 0.664. The highest BCUT2D eigenvalue weighted by molar-refractivity contribution is 9.10. The zero-order chi connectivity index (χ0) is 26.4.